The van der Waals surface area contributed by atoms with Crippen molar-refractivity contribution >= 4 is 22.6 Å². The molecule has 1 saturated heterocycles. The Morgan fingerprint density at radius 2 is 1.89 bits per heavy atom. The van der Waals surface area contributed by atoms with Crippen molar-refractivity contribution in [2.24, 2.45) is 0 Å². The Morgan fingerprint density at radius 1 is 1.32 bits per heavy atom. The van der Waals surface area contributed by atoms with Crippen molar-refractivity contribution in [1.29, 1.82) is 0 Å². The third kappa shape index (κ3) is 3.35. The van der Waals surface area contributed by atoms with E-state index in [9.17, 15) is 13.8 Å². The molecule has 0 spiro atoms. The molecule has 0 saturated carbocycles. The molecule has 2 amide bonds. The largest absolute Gasteiger partial charge is 0.340 e. The van der Waals surface area contributed by atoms with Gasteiger partial charge in [-0.3, -0.25) is 13.8 Å². The summed E-state index contributed by atoms with van der Waals surface area (Å²) in [5.41, 5.74) is -0.755. The lowest BCUT2D eigenvalue weighted by Crippen LogP contribution is -2.69. The zero-order chi connectivity index (χ0) is 14.6. The van der Waals surface area contributed by atoms with Crippen molar-refractivity contribution in [2.75, 3.05) is 18.6 Å². The Kier molecular flexibility index (Phi) is 5.52. The first kappa shape index (κ1) is 16.1. The van der Waals surface area contributed by atoms with Crippen LogP contribution in [0.15, 0.2) is 0 Å². The quantitative estimate of drug-likeness (QED) is 0.781. The van der Waals surface area contributed by atoms with Gasteiger partial charge in [0.05, 0.1) is 0 Å². The minimum Gasteiger partial charge on any atom is -0.340 e. The van der Waals surface area contributed by atoms with E-state index in [1.54, 1.807) is 18.1 Å². The van der Waals surface area contributed by atoms with Crippen molar-refractivity contribution in [3.05, 3.63) is 0 Å². The Morgan fingerprint density at radius 3 is 2.37 bits per heavy atom. The average molecular weight is 288 g/mol. The molecule has 2 unspecified atom stereocenters. The fourth-order valence-electron chi connectivity index (χ4n) is 2.45. The molecule has 1 N–H and O–H groups in total. The van der Waals surface area contributed by atoms with E-state index in [0.29, 0.717) is 31.6 Å². The number of piperazine rings is 1. The smallest absolute Gasteiger partial charge is 0.248 e. The van der Waals surface area contributed by atoms with E-state index in [0.717, 1.165) is 0 Å². The van der Waals surface area contributed by atoms with Crippen LogP contribution in [0.1, 0.15) is 40.0 Å². The minimum atomic E-state index is -0.862. The maximum atomic E-state index is 12.6. The lowest BCUT2D eigenvalue weighted by Gasteiger charge is -2.44. The van der Waals surface area contributed by atoms with Gasteiger partial charge >= 0.3 is 0 Å². The van der Waals surface area contributed by atoms with Gasteiger partial charge in [0, 0.05) is 29.4 Å². The van der Waals surface area contributed by atoms with Gasteiger partial charge in [0.15, 0.2) is 0 Å². The second-order valence-electron chi connectivity index (χ2n) is 5.08. The molecule has 0 aromatic heterocycles. The maximum Gasteiger partial charge on any atom is 0.248 e. The Balaban J connectivity index is 2.84. The SMILES string of the molecule is CCC1(CC)NC(=O)C(C)N(CCCS(C)=O)C1=O. The molecular formula is C13H24N2O3S. The van der Waals surface area contributed by atoms with E-state index in [1.807, 2.05) is 13.8 Å². The standard InChI is InChI=1S/C13H24N2O3S/c1-5-13(6-2)12(17)15(8-7-9-19(4)18)10(3)11(16)14-13/h10H,5-9H2,1-4H3,(H,14,16). The molecule has 1 heterocycles. The lowest BCUT2D eigenvalue weighted by atomic mass is 9.87. The van der Waals surface area contributed by atoms with Gasteiger partial charge in [-0.05, 0) is 26.2 Å². The Labute approximate surface area is 117 Å². The van der Waals surface area contributed by atoms with Gasteiger partial charge in [-0.15, -0.1) is 0 Å². The average Bonchev–Trinajstić information content (AvgIpc) is 2.38. The van der Waals surface area contributed by atoms with E-state index in [4.69, 9.17) is 0 Å². The molecular weight excluding hydrogens is 264 g/mol. The van der Waals surface area contributed by atoms with Gasteiger partial charge in [0.25, 0.3) is 0 Å². The summed E-state index contributed by atoms with van der Waals surface area (Å²) < 4.78 is 11.1. The highest BCUT2D eigenvalue weighted by Gasteiger charge is 2.46. The van der Waals surface area contributed by atoms with E-state index in [2.05, 4.69) is 5.32 Å². The zero-order valence-electron chi connectivity index (χ0n) is 12.2. The first-order chi connectivity index (χ1) is 8.88. The Bertz CT molecular complexity index is 380. The normalized spacial score (nSPS) is 24.2. The molecule has 1 fully saturated rings. The van der Waals surface area contributed by atoms with Crippen molar-refractivity contribution < 1.29 is 13.8 Å². The second kappa shape index (κ2) is 6.50. The molecule has 0 aliphatic carbocycles. The molecule has 0 bridgehead atoms. The molecule has 110 valence electrons. The lowest BCUT2D eigenvalue weighted by molar-refractivity contribution is -0.154. The van der Waals surface area contributed by atoms with Crippen molar-refractivity contribution in [3.8, 4) is 0 Å². The fraction of sp³-hybridized carbons (Fsp3) is 0.846. The zero-order valence-corrected chi connectivity index (χ0v) is 13.0. The molecule has 0 aromatic rings. The number of nitrogens with one attached hydrogen (secondary N) is 1. The molecule has 19 heavy (non-hydrogen) atoms. The summed E-state index contributed by atoms with van der Waals surface area (Å²) >= 11 is 0. The first-order valence-corrected chi connectivity index (χ1v) is 8.53. The van der Waals surface area contributed by atoms with Gasteiger partial charge in [-0.1, -0.05) is 13.8 Å². The fourth-order valence-corrected chi connectivity index (χ4v) is 2.98. The molecule has 6 heteroatoms. The summed E-state index contributed by atoms with van der Waals surface area (Å²) in [6.07, 6.45) is 3.50. The van der Waals surface area contributed by atoms with Crippen LogP contribution in [0.2, 0.25) is 0 Å². The van der Waals surface area contributed by atoms with Gasteiger partial charge in [-0.2, -0.15) is 0 Å². The van der Waals surface area contributed by atoms with Gasteiger partial charge in [0.2, 0.25) is 11.8 Å². The second-order valence-corrected chi connectivity index (χ2v) is 6.64. The summed E-state index contributed by atoms with van der Waals surface area (Å²) in [6, 6.07) is -0.441. The summed E-state index contributed by atoms with van der Waals surface area (Å²) in [5.74, 6) is 0.455. The summed E-state index contributed by atoms with van der Waals surface area (Å²) in [6.45, 7) is 6.06. The molecule has 2 atom stereocenters. The number of rotatable bonds is 6. The van der Waals surface area contributed by atoms with Gasteiger partial charge in [0.1, 0.15) is 11.6 Å². The molecule has 1 rings (SSSR count). The van der Waals surface area contributed by atoms with E-state index < -0.39 is 22.4 Å². The Hall–Kier alpha value is -0.910. The maximum absolute atomic E-state index is 12.6. The van der Waals surface area contributed by atoms with Crippen LogP contribution in [0.4, 0.5) is 0 Å². The van der Waals surface area contributed by atoms with E-state index >= 15 is 0 Å². The van der Waals surface area contributed by atoms with Crippen LogP contribution >= 0.6 is 0 Å². The van der Waals surface area contributed by atoms with E-state index in [1.165, 1.54) is 0 Å². The number of hydrogen-bond acceptors (Lipinski definition) is 3. The highest BCUT2D eigenvalue weighted by Crippen LogP contribution is 2.25. The molecule has 0 aromatic carbocycles. The van der Waals surface area contributed by atoms with Crippen LogP contribution in [0.5, 0.6) is 0 Å². The number of nitrogens with zero attached hydrogens (tertiary/aromatic N) is 1. The third-order valence-electron chi connectivity index (χ3n) is 3.92. The monoisotopic (exact) mass is 288 g/mol. The molecule has 0 radical (unpaired) electrons. The van der Waals surface area contributed by atoms with Crippen molar-refractivity contribution in [1.82, 2.24) is 10.2 Å². The minimum absolute atomic E-state index is 0.00788. The highest BCUT2D eigenvalue weighted by molar-refractivity contribution is 7.84. The predicted octanol–water partition coefficient (Wildman–Crippen LogP) is 0.661. The third-order valence-corrected chi connectivity index (χ3v) is 4.78. The number of carbonyl (C=O) groups is 2. The summed E-state index contributed by atoms with van der Waals surface area (Å²) in [7, 11) is -0.862. The summed E-state index contributed by atoms with van der Waals surface area (Å²) in [5, 5.41) is 2.87. The summed E-state index contributed by atoms with van der Waals surface area (Å²) in [4.78, 5) is 26.2. The number of amides is 2. The van der Waals surface area contributed by atoms with Gasteiger partial charge in [-0.25, -0.2) is 0 Å². The molecule has 1 aliphatic heterocycles. The number of carbonyl (C=O) groups excluding carboxylic acids is 2. The topological polar surface area (TPSA) is 66.5 Å². The van der Waals surface area contributed by atoms with Crippen LogP contribution in [0.3, 0.4) is 0 Å². The molecule has 1 aliphatic rings. The van der Waals surface area contributed by atoms with Gasteiger partial charge < -0.3 is 10.2 Å². The predicted molar refractivity (Wildman–Crippen MR) is 76.2 cm³/mol. The number of hydrogen-bond donors (Lipinski definition) is 1. The highest BCUT2D eigenvalue weighted by atomic mass is 32.2. The van der Waals surface area contributed by atoms with E-state index in [-0.39, 0.29) is 11.8 Å². The van der Waals surface area contributed by atoms with Crippen LogP contribution in [0, 0.1) is 0 Å². The van der Waals surface area contributed by atoms with Crippen LogP contribution in [-0.2, 0) is 20.4 Å². The van der Waals surface area contributed by atoms with Crippen molar-refractivity contribution in [3.63, 3.8) is 0 Å². The molecule has 5 nitrogen and oxygen atoms in total. The van der Waals surface area contributed by atoms with Crippen LogP contribution in [0.25, 0.3) is 0 Å². The van der Waals surface area contributed by atoms with Crippen LogP contribution < -0.4 is 5.32 Å². The van der Waals surface area contributed by atoms with Crippen LogP contribution in [-0.4, -0.2) is 51.1 Å². The first-order valence-electron chi connectivity index (χ1n) is 6.81. The van der Waals surface area contributed by atoms with Crippen molar-refractivity contribution in [2.45, 2.75) is 51.6 Å².